The van der Waals surface area contributed by atoms with E-state index >= 15 is 0 Å². The van der Waals surface area contributed by atoms with Gasteiger partial charge in [0.1, 0.15) is 6.29 Å². The van der Waals surface area contributed by atoms with Crippen LogP contribution in [0, 0.1) is 11.8 Å². The number of nitrogens with zero attached hydrogens (tertiary/aromatic N) is 1. The van der Waals surface area contributed by atoms with E-state index in [9.17, 15) is 4.79 Å². The smallest absolute Gasteiger partial charge is 0.374 e. The molecule has 0 aromatic heterocycles. The summed E-state index contributed by atoms with van der Waals surface area (Å²) < 4.78 is 34.4. The van der Waals surface area contributed by atoms with Crippen molar-refractivity contribution in [1.82, 2.24) is 0 Å². The van der Waals surface area contributed by atoms with Gasteiger partial charge in [-0.25, -0.2) is 0 Å². The minimum Gasteiger partial charge on any atom is -0.374 e. The third-order valence-electron chi connectivity index (χ3n) is 5.99. The first-order chi connectivity index (χ1) is 20.6. The van der Waals surface area contributed by atoms with Crippen LogP contribution >= 0.6 is 0 Å². The Kier molecular flexibility index (Phi) is 37.5. The number of aliphatic imine (C=N–C) groups is 1. The lowest BCUT2D eigenvalue weighted by molar-refractivity contribution is -0.107. The summed E-state index contributed by atoms with van der Waals surface area (Å²) in [5.74, 6) is 1.60. The van der Waals surface area contributed by atoms with Crippen LogP contribution in [-0.2, 0) is 31.4 Å². The van der Waals surface area contributed by atoms with Crippen LogP contribution in [0.3, 0.4) is 0 Å². The third-order valence-corrected chi connectivity index (χ3v) is 12.3. The molecular weight excluding hydrogens is 581 g/mol. The number of hydrogen-bond donors (Lipinski definition) is 1. The van der Waals surface area contributed by atoms with Crippen LogP contribution in [0.25, 0.3) is 0 Å². The van der Waals surface area contributed by atoms with Crippen molar-refractivity contribution in [2.75, 3.05) is 52.7 Å². The number of aldehydes is 1. The molecule has 0 aliphatic carbocycles. The minimum atomic E-state index is -2.49. The lowest BCUT2D eigenvalue weighted by Crippen LogP contribution is -2.45. The molecule has 260 valence electrons. The van der Waals surface area contributed by atoms with Gasteiger partial charge in [-0.3, -0.25) is 4.99 Å². The number of nitrogens with two attached hydrogens (primary N) is 1. The molecule has 0 radical (unpaired) electrons. The van der Waals surface area contributed by atoms with E-state index in [0.29, 0.717) is 46.1 Å². The molecule has 0 bridgehead atoms. The predicted molar refractivity (Wildman–Crippen MR) is 186 cm³/mol. The van der Waals surface area contributed by atoms with Crippen LogP contribution in [0.15, 0.2) is 4.99 Å². The van der Waals surface area contributed by atoms with E-state index in [1.807, 2.05) is 47.8 Å². The zero-order valence-corrected chi connectivity index (χ0v) is 31.9. The first-order valence-electron chi connectivity index (χ1n) is 17.1. The first kappa shape index (κ1) is 46.9. The lowest BCUT2D eigenvalue weighted by Gasteiger charge is -2.28. The van der Waals surface area contributed by atoms with Gasteiger partial charge in [0, 0.05) is 64.7 Å². The average molecular weight is 653 g/mol. The number of unbranched alkanes of at least 4 members (excludes halogenated alkanes) is 2. The fourth-order valence-electron chi connectivity index (χ4n) is 4.11. The SMILES string of the molecule is CC(C)CCCN.CCO[Si](CCCC=NCCCC(C)C)(OCC)OCC.CCO[Si](CCCC=O)(OCC)OCC. The molecule has 0 aliphatic rings. The van der Waals surface area contributed by atoms with E-state index in [1.165, 1.54) is 25.7 Å². The van der Waals surface area contributed by atoms with Crippen LogP contribution in [0.1, 0.15) is 121 Å². The molecule has 0 aromatic carbocycles. The normalized spacial score (nSPS) is 11.9. The molecule has 0 rings (SSSR count). The van der Waals surface area contributed by atoms with Gasteiger partial charge < -0.3 is 37.1 Å². The summed E-state index contributed by atoms with van der Waals surface area (Å²) in [5.41, 5.74) is 5.28. The van der Waals surface area contributed by atoms with E-state index in [0.717, 1.165) is 62.6 Å². The van der Waals surface area contributed by atoms with E-state index in [-0.39, 0.29) is 0 Å². The number of rotatable bonds is 27. The largest absolute Gasteiger partial charge is 0.500 e. The van der Waals surface area contributed by atoms with Crippen molar-refractivity contribution in [1.29, 1.82) is 0 Å². The van der Waals surface area contributed by atoms with Crippen molar-refractivity contribution in [3.63, 3.8) is 0 Å². The van der Waals surface area contributed by atoms with Gasteiger partial charge in [-0.15, -0.1) is 0 Å². The highest BCUT2D eigenvalue weighted by atomic mass is 28.4. The molecule has 0 saturated heterocycles. The molecule has 0 aromatic rings. The second-order valence-corrected chi connectivity index (χ2v) is 16.3. The van der Waals surface area contributed by atoms with Gasteiger partial charge in [0.2, 0.25) is 0 Å². The molecular formula is C32H72N2O7Si2. The van der Waals surface area contributed by atoms with Crippen LogP contribution in [0.5, 0.6) is 0 Å². The molecule has 0 heterocycles. The van der Waals surface area contributed by atoms with Gasteiger partial charge in [-0.2, -0.15) is 0 Å². The molecule has 0 amide bonds. The zero-order chi connectivity index (χ0) is 33.2. The standard InChI is InChI=1S/C16H35NO3Si.C10H22O4Si.C6H15N/c1-6-18-21(19-7-2,20-8-3)15-10-9-13-17-14-11-12-16(4)5;1-4-12-15(13-5-2,14-6-3)10-8-7-9-11;1-6(2)4-3-5-7/h13,16H,6-12,14-15H2,1-5H3;9H,4-8,10H2,1-3H3;6H,3-5,7H2,1-2H3. The van der Waals surface area contributed by atoms with E-state index in [2.05, 4.69) is 32.7 Å². The van der Waals surface area contributed by atoms with E-state index in [1.54, 1.807) is 0 Å². The quantitative estimate of drug-likeness (QED) is 0.0416. The Morgan fingerprint density at radius 2 is 0.977 bits per heavy atom. The summed E-state index contributed by atoms with van der Waals surface area (Å²) in [6, 6.07) is 1.60. The number of carbonyl (C=O) groups is 1. The summed E-state index contributed by atoms with van der Waals surface area (Å²) in [5, 5.41) is 0. The Balaban J connectivity index is -0.000000630. The summed E-state index contributed by atoms with van der Waals surface area (Å²) >= 11 is 0. The molecule has 0 unspecified atom stereocenters. The highest BCUT2D eigenvalue weighted by Crippen LogP contribution is 2.20. The zero-order valence-electron chi connectivity index (χ0n) is 29.9. The van der Waals surface area contributed by atoms with Crippen molar-refractivity contribution in [2.45, 2.75) is 133 Å². The number of hydrogen-bond acceptors (Lipinski definition) is 9. The van der Waals surface area contributed by atoms with Crippen molar-refractivity contribution in [3.05, 3.63) is 0 Å². The molecule has 2 N–H and O–H groups in total. The van der Waals surface area contributed by atoms with Crippen molar-refractivity contribution in [3.8, 4) is 0 Å². The molecule has 0 atom stereocenters. The third kappa shape index (κ3) is 31.3. The van der Waals surface area contributed by atoms with Gasteiger partial charge in [0.15, 0.2) is 0 Å². The van der Waals surface area contributed by atoms with Gasteiger partial charge in [0.05, 0.1) is 0 Å². The topological polar surface area (TPSA) is 111 Å². The monoisotopic (exact) mass is 652 g/mol. The summed E-state index contributed by atoms with van der Waals surface area (Å²) in [7, 11) is -4.94. The van der Waals surface area contributed by atoms with Crippen LogP contribution in [-0.4, -0.2) is 82.8 Å². The highest BCUT2D eigenvalue weighted by Gasteiger charge is 2.40. The average Bonchev–Trinajstić information content (AvgIpc) is 2.95. The maximum atomic E-state index is 10.3. The molecule has 0 aliphatic heterocycles. The molecule has 9 nitrogen and oxygen atoms in total. The van der Waals surface area contributed by atoms with Gasteiger partial charge in [0.25, 0.3) is 0 Å². The molecule has 0 fully saturated rings. The summed E-state index contributed by atoms with van der Waals surface area (Å²) in [6.07, 6.45) is 11.2. The Hall–Kier alpha value is -0.506. The van der Waals surface area contributed by atoms with Crippen molar-refractivity contribution >= 4 is 30.1 Å². The fourth-order valence-corrected chi connectivity index (χ4v) is 9.39. The Labute approximate surface area is 269 Å². The Morgan fingerprint density at radius 3 is 1.28 bits per heavy atom. The first-order valence-corrected chi connectivity index (χ1v) is 20.9. The van der Waals surface area contributed by atoms with Crippen molar-refractivity contribution < 1.29 is 31.4 Å². The highest BCUT2D eigenvalue weighted by molar-refractivity contribution is 6.61. The minimum absolute atomic E-state index is 0.544. The van der Waals surface area contributed by atoms with Gasteiger partial charge >= 0.3 is 17.6 Å². The van der Waals surface area contributed by atoms with Crippen LogP contribution < -0.4 is 5.73 Å². The molecule has 0 saturated carbocycles. The predicted octanol–water partition coefficient (Wildman–Crippen LogP) is 7.72. The maximum Gasteiger partial charge on any atom is 0.500 e. The second-order valence-electron chi connectivity index (χ2n) is 10.9. The Morgan fingerprint density at radius 1 is 0.605 bits per heavy atom. The van der Waals surface area contributed by atoms with E-state index in [4.69, 9.17) is 32.3 Å². The molecule has 11 heteroatoms. The van der Waals surface area contributed by atoms with Gasteiger partial charge in [-0.1, -0.05) is 27.7 Å². The van der Waals surface area contributed by atoms with Crippen molar-refractivity contribution in [2.24, 2.45) is 22.6 Å². The van der Waals surface area contributed by atoms with Gasteiger partial charge in [-0.05, 0) is 111 Å². The fraction of sp³-hybridized carbons (Fsp3) is 0.938. The Bertz CT molecular complexity index is 566. The maximum absolute atomic E-state index is 10.3. The number of carbonyl (C=O) groups excluding carboxylic acids is 1. The molecule has 43 heavy (non-hydrogen) atoms. The lowest BCUT2D eigenvalue weighted by atomic mass is 10.1. The van der Waals surface area contributed by atoms with Crippen LogP contribution in [0.2, 0.25) is 12.1 Å². The van der Waals surface area contributed by atoms with Crippen LogP contribution in [0.4, 0.5) is 0 Å². The van der Waals surface area contributed by atoms with E-state index < -0.39 is 17.6 Å². The molecule has 0 spiro atoms. The summed E-state index contributed by atoms with van der Waals surface area (Å²) in [4.78, 5) is 14.7. The second kappa shape index (κ2) is 34.4. The summed E-state index contributed by atoms with van der Waals surface area (Å²) in [6.45, 7) is 26.2.